The SMILES string of the molecule is COC(=O)c1cccc2c1ccn2C=O. The monoisotopic (exact) mass is 203 g/mol. The molecule has 1 heterocycles. The molecule has 1 aromatic heterocycles. The Labute approximate surface area is 86.1 Å². The van der Waals surface area contributed by atoms with Crippen molar-refractivity contribution in [1.82, 2.24) is 4.57 Å². The van der Waals surface area contributed by atoms with E-state index in [1.165, 1.54) is 11.7 Å². The third-order valence-electron chi connectivity index (χ3n) is 2.28. The highest BCUT2D eigenvalue weighted by Gasteiger charge is 2.11. The fraction of sp³-hybridized carbons (Fsp3) is 0.0909. The van der Waals surface area contributed by atoms with Gasteiger partial charge in [0.2, 0.25) is 6.41 Å². The van der Waals surface area contributed by atoms with E-state index >= 15 is 0 Å². The van der Waals surface area contributed by atoms with E-state index < -0.39 is 5.97 Å². The standard InChI is InChI=1S/C11H9NO3/c1-15-11(14)9-3-2-4-10-8(9)5-6-12(10)7-13/h2-7H,1H3. The van der Waals surface area contributed by atoms with Crippen LogP contribution in [0.2, 0.25) is 0 Å². The van der Waals surface area contributed by atoms with Gasteiger partial charge < -0.3 is 4.74 Å². The molecule has 15 heavy (non-hydrogen) atoms. The van der Waals surface area contributed by atoms with Crippen LogP contribution in [0.3, 0.4) is 0 Å². The van der Waals surface area contributed by atoms with Gasteiger partial charge in [-0.3, -0.25) is 9.36 Å². The van der Waals surface area contributed by atoms with Crippen LogP contribution in [0.1, 0.15) is 10.4 Å². The van der Waals surface area contributed by atoms with Crippen molar-refractivity contribution in [1.29, 1.82) is 0 Å². The number of nitrogens with zero attached hydrogens (tertiary/aromatic N) is 1. The van der Waals surface area contributed by atoms with Crippen molar-refractivity contribution in [2.24, 2.45) is 0 Å². The summed E-state index contributed by atoms with van der Waals surface area (Å²) >= 11 is 0. The second kappa shape index (κ2) is 3.57. The zero-order chi connectivity index (χ0) is 10.8. The minimum atomic E-state index is -0.399. The molecule has 2 aromatic rings. The minimum absolute atomic E-state index is 0.399. The first-order valence-corrected chi connectivity index (χ1v) is 4.41. The molecule has 2 rings (SSSR count). The summed E-state index contributed by atoms with van der Waals surface area (Å²) in [6, 6.07) is 6.88. The molecule has 0 saturated carbocycles. The van der Waals surface area contributed by atoms with Gasteiger partial charge in [0.15, 0.2) is 0 Å². The molecule has 0 aliphatic carbocycles. The van der Waals surface area contributed by atoms with Crippen molar-refractivity contribution in [3.8, 4) is 0 Å². The number of carbonyl (C=O) groups is 2. The number of benzene rings is 1. The molecule has 0 bridgehead atoms. The number of rotatable bonds is 2. The highest BCUT2D eigenvalue weighted by atomic mass is 16.5. The maximum atomic E-state index is 11.4. The van der Waals surface area contributed by atoms with Crippen LogP contribution in [-0.2, 0) is 9.53 Å². The third kappa shape index (κ3) is 1.40. The maximum Gasteiger partial charge on any atom is 0.338 e. The van der Waals surface area contributed by atoms with Crippen molar-refractivity contribution in [2.45, 2.75) is 0 Å². The van der Waals surface area contributed by atoms with Crippen molar-refractivity contribution >= 4 is 23.3 Å². The van der Waals surface area contributed by atoms with E-state index in [9.17, 15) is 9.59 Å². The highest BCUT2D eigenvalue weighted by molar-refractivity contribution is 6.04. The molecular formula is C11H9NO3. The Morgan fingerprint density at radius 1 is 1.40 bits per heavy atom. The molecule has 0 unspecified atom stereocenters. The highest BCUT2D eigenvalue weighted by Crippen LogP contribution is 2.19. The summed E-state index contributed by atoms with van der Waals surface area (Å²) in [5, 5.41) is 0.719. The molecule has 4 nitrogen and oxygen atoms in total. The van der Waals surface area contributed by atoms with E-state index in [0.29, 0.717) is 17.5 Å². The smallest absolute Gasteiger partial charge is 0.338 e. The average Bonchev–Trinajstić information content (AvgIpc) is 2.70. The molecule has 0 N–H and O–H groups in total. The number of methoxy groups -OCH3 is 1. The van der Waals surface area contributed by atoms with Crippen molar-refractivity contribution in [2.75, 3.05) is 7.11 Å². The average molecular weight is 203 g/mol. The van der Waals surface area contributed by atoms with Crippen LogP contribution in [0.5, 0.6) is 0 Å². The summed E-state index contributed by atoms with van der Waals surface area (Å²) in [6.45, 7) is 0. The Morgan fingerprint density at radius 2 is 2.20 bits per heavy atom. The third-order valence-corrected chi connectivity index (χ3v) is 2.28. The first kappa shape index (κ1) is 9.45. The molecule has 0 radical (unpaired) electrons. The van der Waals surface area contributed by atoms with Gasteiger partial charge >= 0.3 is 5.97 Å². The number of hydrogen-bond acceptors (Lipinski definition) is 3. The Kier molecular flexibility index (Phi) is 2.25. The maximum absolute atomic E-state index is 11.4. The summed E-state index contributed by atoms with van der Waals surface area (Å²) in [5.41, 5.74) is 1.17. The summed E-state index contributed by atoms with van der Waals surface area (Å²) < 4.78 is 6.07. The predicted molar refractivity (Wildman–Crippen MR) is 55.4 cm³/mol. The van der Waals surface area contributed by atoms with Crippen molar-refractivity contribution < 1.29 is 14.3 Å². The first-order chi connectivity index (χ1) is 7.27. The molecule has 0 saturated heterocycles. The van der Waals surface area contributed by atoms with Gasteiger partial charge in [0.05, 0.1) is 18.2 Å². The lowest BCUT2D eigenvalue weighted by molar-refractivity contribution is 0.0603. The van der Waals surface area contributed by atoms with Crippen LogP contribution in [0.25, 0.3) is 10.9 Å². The molecule has 0 aliphatic rings. The topological polar surface area (TPSA) is 48.3 Å². The van der Waals surface area contributed by atoms with E-state index in [1.54, 1.807) is 30.5 Å². The van der Waals surface area contributed by atoms with Gasteiger partial charge in [0.1, 0.15) is 0 Å². The summed E-state index contributed by atoms with van der Waals surface area (Å²) in [6.07, 6.45) is 2.31. The van der Waals surface area contributed by atoms with Crippen LogP contribution >= 0.6 is 0 Å². The normalized spacial score (nSPS) is 10.2. The van der Waals surface area contributed by atoms with E-state index in [1.807, 2.05) is 0 Å². The molecule has 0 atom stereocenters. The number of hydrogen-bond donors (Lipinski definition) is 0. The minimum Gasteiger partial charge on any atom is -0.465 e. The van der Waals surface area contributed by atoms with E-state index in [2.05, 4.69) is 4.74 Å². The van der Waals surface area contributed by atoms with Gasteiger partial charge in [-0.2, -0.15) is 0 Å². The number of carbonyl (C=O) groups excluding carboxylic acids is 2. The van der Waals surface area contributed by atoms with Gasteiger partial charge in [-0.25, -0.2) is 4.79 Å². The molecule has 76 valence electrons. The largest absolute Gasteiger partial charge is 0.465 e. The lowest BCUT2D eigenvalue weighted by Gasteiger charge is -2.01. The zero-order valence-corrected chi connectivity index (χ0v) is 8.14. The molecule has 4 heteroatoms. The second-order valence-electron chi connectivity index (χ2n) is 3.06. The van der Waals surface area contributed by atoms with Gasteiger partial charge in [0.25, 0.3) is 0 Å². The fourth-order valence-electron chi connectivity index (χ4n) is 1.57. The van der Waals surface area contributed by atoms with E-state index in [0.717, 1.165) is 5.39 Å². The Bertz CT molecular complexity index is 528. The van der Waals surface area contributed by atoms with Crippen LogP contribution in [-0.4, -0.2) is 24.1 Å². The molecule has 0 aliphatic heterocycles. The summed E-state index contributed by atoms with van der Waals surface area (Å²) in [7, 11) is 1.33. The molecule has 0 spiro atoms. The second-order valence-corrected chi connectivity index (χ2v) is 3.06. The lowest BCUT2D eigenvalue weighted by atomic mass is 10.1. The van der Waals surface area contributed by atoms with Gasteiger partial charge in [-0.05, 0) is 18.2 Å². The van der Waals surface area contributed by atoms with E-state index in [4.69, 9.17) is 0 Å². The molecular weight excluding hydrogens is 194 g/mol. The van der Waals surface area contributed by atoms with Crippen LogP contribution < -0.4 is 0 Å². The van der Waals surface area contributed by atoms with Crippen LogP contribution in [0, 0.1) is 0 Å². The lowest BCUT2D eigenvalue weighted by Crippen LogP contribution is -2.01. The van der Waals surface area contributed by atoms with Gasteiger partial charge in [-0.15, -0.1) is 0 Å². The summed E-state index contributed by atoms with van der Waals surface area (Å²) in [4.78, 5) is 22.1. The number of ether oxygens (including phenoxy) is 1. The first-order valence-electron chi connectivity index (χ1n) is 4.41. The number of aromatic nitrogens is 1. The van der Waals surface area contributed by atoms with Gasteiger partial charge in [-0.1, -0.05) is 6.07 Å². The molecule has 0 amide bonds. The fourth-order valence-corrected chi connectivity index (χ4v) is 1.57. The van der Waals surface area contributed by atoms with Crippen LogP contribution in [0.4, 0.5) is 0 Å². The number of esters is 1. The molecule has 1 aromatic carbocycles. The number of fused-ring (bicyclic) bond motifs is 1. The van der Waals surface area contributed by atoms with Crippen molar-refractivity contribution in [3.05, 3.63) is 36.0 Å². The van der Waals surface area contributed by atoms with Gasteiger partial charge in [0, 0.05) is 11.6 Å². The predicted octanol–water partition coefficient (Wildman–Crippen LogP) is 1.47. The zero-order valence-electron chi connectivity index (χ0n) is 8.14. The van der Waals surface area contributed by atoms with E-state index in [-0.39, 0.29) is 0 Å². The molecule has 0 fully saturated rings. The Morgan fingerprint density at radius 3 is 2.87 bits per heavy atom. The van der Waals surface area contributed by atoms with Crippen LogP contribution in [0.15, 0.2) is 30.5 Å². The Hall–Kier alpha value is -2.10. The Balaban J connectivity index is 2.72. The van der Waals surface area contributed by atoms with Crippen molar-refractivity contribution in [3.63, 3.8) is 0 Å². The summed E-state index contributed by atoms with van der Waals surface area (Å²) in [5.74, 6) is -0.399. The quantitative estimate of drug-likeness (QED) is 0.548.